The average molecular weight is 355 g/mol. The lowest BCUT2D eigenvalue weighted by atomic mass is 10.2. The molecule has 2 aromatic carbocycles. The summed E-state index contributed by atoms with van der Waals surface area (Å²) in [5.41, 5.74) is 3.18. The van der Waals surface area contributed by atoms with Gasteiger partial charge in [0.25, 0.3) is 0 Å². The highest BCUT2D eigenvalue weighted by molar-refractivity contribution is 9.10. The second kappa shape index (κ2) is 6.58. The average Bonchev–Trinajstić information content (AvgIpc) is 2.52. The minimum atomic E-state index is 0.733. The summed E-state index contributed by atoms with van der Waals surface area (Å²) < 4.78 is 0.988. The largest absolute Gasteiger partial charge is 0.340 e. The van der Waals surface area contributed by atoms with Crippen molar-refractivity contribution in [3.8, 4) is 0 Å². The molecule has 0 aliphatic heterocycles. The van der Waals surface area contributed by atoms with Crippen LogP contribution in [0.3, 0.4) is 0 Å². The second-order valence-corrected chi connectivity index (χ2v) is 5.74. The summed E-state index contributed by atoms with van der Waals surface area (Å²) in [6, 6.07) is 18.0. The van der Waals surface area contributed by atoms with Gasteiger partial charge in [0.1, 0.15) is 18.0 Å². The van der Waals surface area contributed by atoms with Crippen molar-refractivity contribution >= 4 is 38.9 Å². The van der Waals surface area contributed by atoms with Crippen LogP contribution in [0.4, 0.5) is 23.0 Å². The monoisotopic (exact) mass is 354 g/mol. The lowest BCUT2D eigenvalue weighted by Crippen LogP contribution is -1.98. The number of halogens is 1. The Morgan fingerprint density at radius 2 is 1.55 bits per heavy atom. The van der Waals surface area contributed by atoms with Crippen molar-refractivity contribution in [1.82, 2.24) is 9.97 Å². The van der Waals surface area contributed by atoms with Crippen molar-refractivity contribution in [3.63, 3.8) is 0 Å². The third-order valence-electron chi connectivity index (χ3n) is 3.13. The predicted octanol–water partition coefficient (Wildman–Crippen LogP) is 5.03. The molecule has 1 aromatic heterocycles. The Balaban J connectivity index is 1.78. The van der Waals surface area contributed by atoms with Crippen molar-refractivity contribution in [2.75, 3.05) is 10.6 Å². The van der Waals surface area contributed by atoms with Gasteiger partial charge in [0.05, 0.1) is 5.69 Å². The highest BCUT2D eigenvalue weighted by atomic mass is 79.9. The van der Waals surface area contributed by atoms with E-state index in [0.717, 1.165) is 27.5 Å². The minimum Gasteiger partial charge on any atom is -0.340 e. The maximum atomic E-state index is 4.25. The lowest BCUT2D eigenvalue weighted by Gasteiger charge is -2.10. The van der Waals surface area contributed by atoms with E-state index < -0.39 is 0 Å². The van der Waals surface area contributed by atoms with E-state index in [2.05, 4.69) is 55.6 Å². The van der Waals surface area contributed by atoms with Crippen LogP contribution < -0.4 is 10.6 Å². The number of anilines is 4. The standard InChI is InChI=1S/C17H15BrN4/c1-12-6-8-13(9-7-12)21-16-10-17(20-11-19-16)22-15-5-3-2-4-14(15)18/h2-11H,1H3,(H2,19,20,21,22). The maximum absolute atomic E-state index is 4.25. The first-order chi connectivity index (χ1) is 10.7. The normalized spacial score (nSPS) is 10.3. The number of para-hydroxylation sites is 1. The molecule has 0 aliphatic carbocycles. The molecule has 3 rings (SSSR count). The molecule has 0 saturated carbocycles. The van der Waals surface area contributed by atoms with Crippen LogP contribution in [0.1, 0.15) is 5.56 Å². The Bertz CT molecular complexity index is 772. The highest BCUT2D eigenvalue weighted by Crippen LogP contribution is 2.25. The Kier molecular flexibility index (Phi) is 4.34. The zero-order valence-electron chi connectivity index (χ0n) is 12.0. The molecule has 1 heterocycles. The summed E-state index contributed by atoms with van der Waals surface area (Å²) in [4.78, 5) is 8.50. The van der Waals surface area contributed by atoms with Crippen LogP contribution in [0.15, 0.2) is 65.4 Å². The lowest BCUT2D eigenvalue weighted by molar-refractivity contribution is 1.17. The molecular weight excluding hydrogens is 340 g/mol. The maximum Gasteiger partial charge on any atom is 0.135 e. The Hall–Kier alpha value is -2.40. The van der Waals surface area contributed by atoms with Gasteiger partial charge in [0, 0.05) is 16.2 Å². The topological polar surface area (TPSA) is 49.8 Å². The van der Waals surface area contributed by atoms with Crippen LogP contribution in [-0.4, -0.2) is 9.97 Å². The number of nitrogens with zero attached hydrogens (tertiary/aromatic N) is 2. The first-order valence-corrected chi connectivity index (χ1v) is 7.67. The van der Waals surface area contributed by atoms with Gasteiger partial charge in [-0.1, -0.05) is 29.8 Å². The number of aryl methyl sites for hydroxylation is 1. The molecule has 0 spiro atoms. The number of rotatable bonds is 4. The zero-order valence-corrected chi connectivity index (χ0v) is 13.6. The third-order valence-corrected chi connectivity index (χ3v) is 3.82. The summed E-state index contributed by atoms with van der Waals surface area (Å²) in [6.45, 7) is 2.06. The van der Waals surface area contributed by atoms with E-state index in [1.54, 1.807) is 0 Å². The van der Waals surface area contributed by atoms with E-state index >= 15 is 0 Å². The molecule has 22 heavy (non-hydrogen) atoms. The Labute approximate surface area is 137 Å². The molecule has 4 nitrogen and oxygen atoms in total. The molecule has 0 amide bonds. The zero-order chi connectivity index (χ0) is 15.4. The van der Waals surface area contributed by atoms with Gasteiger partial charge in [0.2, 0.25) is 0 Å². The molecule has 0 aliphatic rings. The first kappa shape index (κ1) is 14.5. The van der Waals surface area contributed by atoms with Crippen molar-refractivity contribution in [1.29, 1.82) is 0 Å². The molecule has 0 atom stereocenters. The van der Waals surface area contributed by atoms with E-state index in [0.29, 0.717) is 0 Å². The molecule has 5 heteroatoms. The van der Waals surface area contributed by atoms with Crippen molar-refractivity contribution in [2.45, 2.75) is 6.92 Å². The van der Waals surface area contributed by atoms with Gasteiger partial charge < -0.3 is 10.6 Å². The number of aromatic nitrogens is 2. The van der Waals surface area contributed by atoms with Crippen molar-refractivity contribution < 1.29 is 0 Å². The fourth-order valence-electron chi connectivity index (χ4n) is 1.98. The molecule has 2 N–H and O–H groups in total. The molecule has 0 radical (unpaired) electrons. The van der Waals surface area contributed by atoms with Gasteiger partial charge in [-0.2, -0.15) is 0 Å². The number of hydrogen-bond donors (Lipinski definition) is 2. The predicted molar refractivity (Wildman–Crippen MR) is 93.9 cm³/mol. The van der Waals surface area contributed by atoms with Gasteiger partial charge in [-0.15, -0.1) is 0 Å². The molecule has 0 unspecified atom stereocenters. The van der Waals surface area contributed by atoms with Crippen LogP contribution in [0, 0.1) is 6.92 Å². The van der Waals surface area contributed by atoms with Crippen LogP contribution >= 0.6 is 15.9 Å². The molecule has 0 fully saturated rings. The summed E-state index contributed by atoms with van der Waals surface area (Å²) >= 11 is 3.51. The van der Waals surface area contributed by atoms with E-state index in [-0.39, 0.29) is 0 Å². The highest BCUT2D eigenvalue weighted by Gasteiger charge is 2.02. The fourth-order valence-corrected chi connectivity index (χ4v) is 2.36. The van der Waals surface area contributed by atoms with Crippen LogP contribution in [0.5, 0.6) is 0 Å². The smallest absolute Gasteiger partial charge is 0.135 e. The van der Waals surface area contributed by atoms with Crippen molar-refractivity contribution in [3.05, 3.63) is 71.0 Å². The number of benzene rings is 2. The molecule has 0 bridgehead atoms. The Morgan fingerprint density at radius 3 is 2.27 bits per heavy atom. The van der Waals surface area contributed by atoms with Gasteiger partial charge in [-0.25, -0.2) is 9.97 Å². The van der Waals surface area contributed by atoms with Gasteiger partial charge >= 0.3 is 0 Å². The van der Waals surface area contributed by atoms with Gasteiger partial charge in [-0.3, -0.25) is 0 Å². The Morgan fingerprint density at radius 1 is 0.864 bits per heavy atom. The summed E-state index contributed by atoms with van der Waals surface area (Å²) in [7, 11) is 0. The van der Waals surface area contributed by atoms with Crippen LogP contribution in [0.2, 0.25) is 0 Å². The van der Waals surface area contributed by atoms with Gasteiger partial charge in [-0.05, 0) is 47.1 Å². The first-order valence-electron chi connectivity index (χ1n) is 6.88. The molecular formula is C17H15BrN4. The summed E-state index contributed by atoms with van der Waals surface area (Å²) in [6.07, 6.45) is 1.54. The van der Waals surface area contributed by atoms with E-state index in [1.165, 1.54) is 11.9 Å². The molecule has 110 valence electrons. The third kappa shape index (κ3) is 3.62. The van der Waals surface area contributed by atoms with Crippen LogP contribution in [-0.2, 0) is 0 Å². The van der Waals surface area contributed by atoms with Gasteiger partial charge in [0.15, 0.2) is 0 Å². The quantitative estimate of drug-likeness (QED) is 0.689. The summed E-state index contributed by atoms with van der Waals surface area (Å²) in [5, 5.41) is 6.54. The minimum absolute atomic E-state index is 0.733. The fraction of sp³-hybridized carbons (Fsp3) is 0.0588. The molecule has 3 aromatic rings. The SMILES string of the molecule is Cc1ccc(Nc2cc(Nc3ccccc3Br)ncn2)cc1. The van der Waals surface area contributed by atoms with E-state index in [4.69, 9.17) is 0 Å². The van der Waals surface area contributed by atoms with E-state index in [1.807, 2.05) is 42.5 Å². The number of nitrogens with one attached hydrogen (secondary N) is 2. The molecule has 0 saturated heterocycles. The van der Waals surface area contributed by atoms with Crippen LogP contribution in [0.25, 0.3) is 0 Å². The van der Waals surface area contributed by atoms with E-state index in [9.17, 15) is 0 Å². The summed E-state index contributed by atoms with van der Waals surface area (Å²) in [5.74, 6) is 1.48. The number of hydrogen-bond acceptors (Lipinski definition) is 4. The second-order valence-electron chi connectivity index (χ2n) is 4.88. The van der Waals surface area contributed by atoms with Crippen molar-refractivity contribution in [2.24, 2.45) is 0 Å².